The average Bonchev–Trinajstić information content (AvgIpc) is 2.44. The Morgan fingerprint density at radius 3 is 2.84 bits per heavy atom. The van der Waals surface area contributed by atoms with Crippen LogP contribution in [-0.2, 0) is 4.74 Å². The number of ether oxygens (including phenoxy) is 1. The lowest BCUT2D eigenvalue weighted by atomic mass is 9.78. The quantitative estimate of drug-likeness (QED) is 0.721. The highest BCUT2D eigenvalue weighted by atomic mass is 16.5. The minimum absolute atomic E-state index is 0.308. The van der Waals surface area contributed by atoms with E-state index in [1.165, 1.54) is 45.1 Å². The number of hydrogen-bond acceptors (Lipinski definition) is 3. The topological polar surface area (TPSA) is 32.7 Å². The Balaban J connectivity index is 1.70. The number of piperidine rings is 1. The van der Waals surface area contributed by atoms with E-state index in [0.29, 0.717) is 6.61 Å². The third-order valence-corrected chi connectivity index (χ3v) is 4.76. The van der Waals surface area contributed by atoms with Crippen molar-refractivity contribution in [1.29, 1.82) is 0 Å². The third kappa shape index (κ3) is 4.73. The molecule has 2 fully saturated rings. The molecule has 2 rings (SSSR count). The van der Waals surface area contributed by atoms with Crippen molar-refractivity contribution in [2.24, 2.45) is 5.92 Å². The molecule has 0 aromatic heterocycles. The molecule has 1 aliphatic heterocycles. The summed E-state index contributed by atoms with van der Waals surface area (Å²) in [5.41, 5.74) is 0. The van der Waals surface area contributed by atoms with Gasteiger partial charge in [0.2, 0.25) is 0 Å². The molecule has 3 heteroatoms. The largest absolute Gasteiger partial charge is 0.389 e. The normalized spacial score (nSPS) is 30.0. The second-order valence-electron chi connectivity index (χ2n) is 6.33. The van der Waals surface area contributed by atoms with Gasteiger partial charge in [-0.3, -0.25) is 4.90 Å². The summed E-state index contributed by atoms with van der Waals surface area (Å²) in [7, 11) is 0. The van der Waals surface area contributed by atoms with Crippen LogP contribution < -0.4 is 0 Å². The van der Waals surface area contributed by atoms with Crippen molar-refractivity contribution in [2.45, 2.75) is 70.4 Å². The zero-order chi connectivity index (χ0) is 13.5. The summed E-state index contributed by atoms with van der Waals surface area (Å²) in [6.45, 7) is 5.45. The number of aliphatic hydroxyl groups is 1. The van der Waals surface area contributed by atoms with E-state index in [1.807, 2.05) is 0 Å². The Morgan fingerprint density at radius 1 is 1.21 bits per heavy atom. The Morgan fingerprint density at radius 2 is 2.00 bits per heavy atom. The van der Waals surface area contributed by atoms with Gasteiger partial charge < -0.3 is 9.84 Å². The summed E-state index contributed by atoms with van der Waals surface area (Å²) in [4.78, 5) is 2.54. The third-order valence-electron chi connectivity index (χ3n) is 4.76. The molecule has 0 radical (unpaired) electrons. The molecule has 0 aromatic rings. The molecular weight excluding hydrogens is 238 g/mol. The van der Waals surface area contributed by atoms with Gasteiger partial charge in [-0.1, -0.05) is 26.2 Å². The highest BCUT2D eigenvalue weighted by Gasteiger charge is 2.33. The molecule has 112 valence electrons. The molecule has 3 unspecified atom stereocenters. The Hall–Kier alpha value is -0.120. The maximum atomic E-state index is 10.1. The smallest absolute Gasteiger partial charge is 0.0900 e. The molecule has 1 N–H and O–H groups in total. The summed E-state index contributed by atoms with van der Waals surface area (Å²) >= 11 is 0. The number of β-amino-alcohol motifs (C(OH)–C–C–N with tert-alkyl or cyclic N) is 1. The molecule has 1 saturated carbocycles. The van der Waals surface area contributed by atoms with Crippen LogP contribution in [0.3, 0.4) is 0 Å². The first kappa shape index (κ1) is 15.3. The monoisotopic (exact) mass is 269 g/mol. The van der Waals surface area contributed by atoms with Crippen molar-refractivity contribution in [2.75, 3.05) is 26.3 Å². The van der Waals surface area contributed by atoms with Gasteiger partial charge in [0.15, 0.2) is 0 Å². The number of rotatable bonds is 7. The van der Waals surface area contributed by atoms with Crippen molar-refractivity contribution in [1.82, 2.24) is 4.90 Å². The molecule has 1 aliphatic carbocycles. The number of fused-ring (bicyclic) bond motifs is 1. The predicted octanol–water partition coefficient (Wildman–Crippen LogP) is 2.82. The van der Waals surface area contributed by atoms with Crippen LogP contribution in [0.1, 0.15) is 58.3 Å². The fourth-order valence-corrected chi connectivity index (χ4v) is 3.74. The molecule has 0 amide bonds. The van der Waals surface area contributed by atoms with Gasteiger partial charge in [-0.15, -0.1) is 0 Å². The van der Waals surface area contributed by atoms with E-state index in [4.69, 9.17) is 4.74 Å². The van der Waals surface area contributed by atoms with E-state index in [-0.39, 0.29) is 6.10 Å². The highest BCUT2D eigenvalue weighted by Crippen LogP contribution is 2.35. The van der Waals surface area contributed by atoms with E-state index < -0.39 is 0 Å². The molecule has 0 spiro atoms. The zero-order valence-electron chi connectivity index (χ0n) is 12.5. The standard InChI is InChI=1S/C16H31NO2/c1-2-3-11-19-13-15(18)12-17-10-6-8-14-7-4-5-9-16(14)17/h14-16,18H,2-13H2,1H3. The minimum atomic E-state index is -0.308. The van der Waals surface area contributed by atoms with Gasteiger partial charge in [-0.2, -0.15) is 0 Å². The lowest BCUT2D eigenvalue weighted by Gasteiger charge is -2.44. The van der Waals surface area contributed by atoms with E-state index in [0.717, 1.165) is 38.0 Å². The van der Waals surface area contributed by atoms with Crippen LogP contribution in [0.2, 0.25) is 0 Å². The first-order valence-electron chi connectivity index (χ1n) is 8.31. The number of likely N-dealkylation sites (tertiary alicyclic amines) is 1. The van der Waals surface area contributed by atoms with Crippen LogP contribution in [0, 0.1) is 5.92 Å². The van der Waals surface area contributed by atoms with Gasteiger partial charge in [0, 0.05) is 19.2 Å². The van der Waals surface area contributed by atoms with Crippen LogP contribution in [-0.4, -0.2) is 48.5 Å². The van der Waals surface area contributed by atoms with E-state index in [9.17, 15) is 5.11 Å². The van der Waals surface area contributed by atoms with Gasteiger partial charge in [0.25, 0.3) is 0 Å². The Kier molecular flexibility index (Phi) is 6.62. The highest BCUT2D eigenvalue weighted by molar-refractivity contribution is 4.88. The van der Waals surface area contributed by atoms with E-state index in [1.54, 1.807) is 0 Å². The SMILES string of the molecule is CCCCOCC(O)CN1CCCC2CCCCC21. The molecule has 1 heterocycles. The summed E-state index contributed by atoms with van der Waals surface area (Å²) in [5, 5.41) is 10.1. The molecule has 3 atom stereocenters. The minimum Gasteiger partial charge on any atom is -0.389 e. The second kappa shape index (κ2) is 8.23. The van der Waals surface area contributed by atoms with Gasteiger partial charge in [0.05, 0.1) is 12.7 Å². The lowest BCUT2D eigenvalue weighted by Crippen LogP contribution is -2.50. The lowest BCUT2D eigenvalue weighted by molar-refractivity contribution is -0.0166. The maximum Gasteiger partial charge on any atom is 0.0900 e. The fraction of sp³-hybridized carbons (Fsp3) is 1.00. The summed E-state index contributed by atoms with van der Waals surface area (Å²) in [5.74, 6) is 0.899. The van der Waals surface area contributed by atoms with Crippen molar-refractivity contribution >= 4 is 0 Å². The molecular formula is C16H31NO2. The molecule has 0 bridgehead atoms. The van der Waals surface area contributed by atoms with E-state index in [2.05, 4.69) is 11.8 Å². The van der Waals surface area contributed by atoms with Crippen molar-refractivity contribution in [3.8, 4) is 0 Å². The second-order valence-corrected chi connectivity index (χ2v) is 6.33. The molecule has 0 aromatic carbocycles. The van der Waals surface area contributed by atoms with Crippen molar-refractivity contribution in [3.63, 3.8) is 0 Å². The number of unbranched alkanes of at least 4 members (excludes halogenated alkanes) is 1. The molecule has 19 heavy (non-hydrogen) atoms. The molecule has 2 aliphatic rings. The molecule has 1 saturated heterocycles. The van der Waals surface area contributed by atoms with Crippen LogP contribution in [0.4, 0.5) is 0 Å². The van der Waals surface area contributed by atoms with Crippen LogP contribution in [0.5, 0.6) is 0 Å². The number of aliphatic hydroxyl groups excluding tert-OH is 1. The van der Waals surface area contributed by atoms with E-state index >= 15 is 0 Å². The maximum absolute atomic E-state index is 10.1. The summed E-state index contributed by atoms with van der Waals surface area (Å²) in [6.07, 6.45) is 10.2. The first-order chi connectivity index (χ1) is 9.31. The first-order valence-corrected chi connectivity index (χ1v) is 8.31. The zero-order valence-corrected chi connectivity index (χ0v) is 12.5. The Labute approximate surface area is 118 Å². The van der Waals surface area contributed by atoms with Crippen LogP contribution in [0.15, 0.2) is 0 Å². The predicted molar refractivity (Wildman–Crippen MR) is 78.3 cm³/mol. The van der Waals surface area contributed by atoms with Crippen molar-refractivity contribution in [3.05, 3.63) is 0 Å². The summed E-state index contributed by atoms with van der Waals surface area (Å²) in [6, 6.07) is 0.743. The summed E-state index contributed by atoms with van der Waals surface area (Å²) < 4.78 is 5.54. The fourth-order valence-electron chi connectivity index (χ4n) is 3.74. The van der Waals surface area contributed by atoms with Gasteiger partial charge in [0.1, 0.15) is 0 Å². The average molecular weight is 269 g/mol. The van der Waals surface area contributed by atoms with Crippen molar-refractivity contribution < 1.29 is 9.84 Å². The van der Waals surface area contributed by atoms with Gasteiger partial charge >= 0.3 is 0 Å². The number of hydrogen-bond donors (Lipinski definition) is 1. The Bertz CT molecular complexity index is 245. The van der Waals surface area contributed by atoms with Gasteiger partial charge in [-0.05, 0) is 44.6 Å². The van der Waals surface area contributed by atoms with Gasteiger partial charge in [-0.25, -0.2) is 0 Å². The number of nitrogens with zero attached hydrogens (tertiary/aromatic N) is 1. The van der Waals surface area contributed by atoms with Crippen LogP contribution in [0.25, 0.3) is 0 Å². The van der Waals surface area contributed by atoms with Crippen LogP contribution >= 0.6 is 0 Å². The molecule has 3 nitrogen and oxygen atoms in total.